The van der Waals surface area contributed by atoms with Crippen LogP contribution in [-0.4, -0.2) is 24.5 Å². The van der Waals surface area contributed by atoms with Crippen molar-refractivity contribution >= 4 is 0 Å². The molecule has 2 nitrogen and oxygen atoms in total. The Hall–Kier alpha value is -1.04. The van der Waals surface area contributed by atoms with Gasteiger partial charge < -0.3 is 17.3 Å². The average molecular weight is 292 g/mol. The van der Waals surface area contributed by atoms with E-state index in [9.17, 15) is 5.26 Å². The fourth-order valence-corrected chi connectivity index (χ4v) is 3.47. The summed E-state index contributed by atoms with van der Waals surface area (Å²) in [6.45, 7) is 5.68. The molecular formula is C17H24ClN2-. The lowest BCUT2D eigenvalue weighted by atomic mass is 9.64. The van der Waals surface area contributed by atoms with Gasteiger partial charge in [0.2, 0.25) is 0 Å². The minimum Gasteiger partial charge on any atom is -1.00 e. The van der Waals surface area contributed by atoms with Crippen LogP contribution in [0.4, 0.5) is 0 Å². The number of benzene rings is 1. The van der Waals surface area contributed by atoms with E-state index in [2.05, 4.69) is 62.2 Å². The van der Waals surface area contributed by atoms with Gasteiger partial charge in [-0.25, -0.2) is 0 Å². The largest absolute Gasteiger partial charge is 1.00 e. The third-order valence-corrected chi connectivity index (χ3v) is 4.89. The summed E-state index contributed by atoms with van der Waals surface area (Å²) in [6, 6.07) is 13.6. The lowest BCUT2D eigenvalue weighted by Gasteiger charge is -2.48. The second-order valence-corrected chi connectivity index (χ2v) is 6.25. The molecule has 0 spiro atoms. The van der Waals surface area contributed by atoms with Crippen molar-refractivity contribution in [3.63, 3.8) is 0 Å². The average Bonchev–Trinajstić information content (AvgIpc) is 2.38. The van der Waals surface area contributed by atoms with Crippen LogP contribution in [-0.2, 0) is 6.42 Å². The number of hydrogen-bond donors (Lipinski definition) is 0. The third-order valence-electron chi connectivity index (χ3n) is 4.89. The lowest BCUT2D eigenvalue weighted by molar-refractivity contribution is -0.00000634. The highest BCUT2D eigenvalue weighted by Crippen LogP contribution is 2.44. The number of halogens is 1. The van der Waals surface area contributed by atoms with Crippen LogP contribution in [0, 0.1) is 22.7 Å². The second kappa shape index (κ2) is 7.11. The Bertz CT molecular complexity index is 454. The summed E-state index contributed by atoms with van der Waals surface area (Å²) < 4.78 is 0. The summed E-state index contributed by atoms with van der Waals surface area (Å²) in [5.41, 5.74) is 1.50. The molecule has 0 saturated carbocycles. The Morgan fingerprint density at radius 1 is 1.30 bits per heavy atom. The Balaban J connectivity index is 0.00000200. The molecule has 0 aliphatic carbocycles. The van der Waals surface area contributed by atoms with Crippen LogP contribution in [0.15, 0.2) is 30.3 Å². The first-order valence-electron chi connectivity index (χ1n) is 7.18. The molecule has 0 aromatic heterocycles. The third kappa shape index (κ3) is 3.53. The zero-order valence-electron chi connectivity index (χ0n) is 12.6. The summed E-state index contributed by atoms with van der Waals surface area (Å²) >= 11 is 0. The highest BCUT2D eigenvalue weighted by atomic mass is 35.5. The van der Waals surface area contributed by atoms with Gasteiger partial charge >= 0.3 is 0 Å². The van der Waals surface area contributed by atoms with E-state index < -0.39 is 0 Å². The van der Waals surface area contributed by atoms with Crippen molar-refractivity contribution in [2.75, 3.05) is 13.6 Å². The predicted octanol–water partition coefficient (Wildman–Crippen LogP) is 0.493. The maximum absolute atomic E-state index is 9.27. The molecule has 0 radical (unpaired) electrons. The van der Waals surface area contributed by atoms with Crippen molar-refractivity contribution in [1.82, 2.24) is 4.90 Å². The number of hydrogen-bond acceptors (Lipinski definition) is 2. The quantitative estimate of drug-likeness (QED) is 0.811. The molecule has 1 aliphatic rings. The van der Waals surface area contributed by atoms with Crippen molar-refractivity contribution in [2.24, 2.45) is 11.3 Å². The SMILES string of the molecule is CC1CC(CC#N)(Cc2ccccc2)C(C)CN1C.[Cl-]. The van der Waals surface area contributed by atoms with E-state index in [1.54, 1.807) is 0 Å². The van der Waals surface area contributed by atoms with Gasteiger partial charge in [-0.2, -0.15) is 5.26 Å². The van der Waals surface area contributed by atoms with Crippen molar-refractivity contribution in [3.05, 3.63) is 35.9 Å². The molecule has 3 atom stereocenters. The summed E-state index contributed by atoms with van der Waals surface area (Å²) in [4.78, 5) is 2.42. The highest BCUT2D eigenvalue weighted by molar-refractivity contribution is 5.18. The molecule has 20 heavy (non-hydrogen) atoms. The molecule has 3 heteroatoms. The van der Waals surface area contributed by atoms with Gasteiger partial charge in [0.15, 0.2) is 0 Å². The van der Waals surface area contributed by atoms with Gasteiger partial charge in [-0.15, -0.1) is 0 Å². The standard InChI is InChI=1S/C17H24N2.ClH/c1-14-13-19(3)15(2)11-17(14,9-10-18)12-16-7-5-4-6-8-16;/h4-8,14-15H,9,11-13H2,1-3H3;1H/p-1. The zero-order chi connectivity index (χ0) is 13.9. The molecule has 110 valence electrons. The van der Waals surface area contributed by atoms with Gasteiger partial charge in [0, 0.05) is 19.0 Å². The maximum Gasteiger partial charge on any atom is 0.0627 e. The number of likely N-dealkylation sites (tertiary alicyclic amines) is 1. The molecule has 0 bridgehead atoms. The van der Waals surface area contributed by atoms with E-state index in [0.717, 1.165) is 19.4 Å². The number of nitrogens with zero attached hydrogens (tertiary/aromatic N) is 2. The van der Waals surface area contributed by atoms with Gasteiger partial charge in [-0.3, -0.25) is 0 Å². The number of rotatable bonds is 3. The predicted molar refractivity (Wildman–Crippen MR) is 78.7 cm³/mol. The minimum absolute atomic E-state index is 0. The van der Waals surface area contributed by atoms with Crippen LogP contribution in [0.5, 0.6) is 0 Å². The Morgan fingerprint density at radius 2 is 1.95 bits per heavy atom. The number of piperidine rings is 1. The van der Waals surface area contributed by atoms with Crippen LogP contribution >= 0.6 is 0 Å². The normalized spacial score (nSPS) is 30.3. The molecule has 1 fully saturated rings. The summed E-state index contributed by atoms with van der Waals surface area (Å²) in [6.07, 6.45) is 2.81. The first-order valence-corrected chi connectivity index (χ1v) is 7.18. The van der Waals surface area contributed by atoms with Gasteiger partial charge in [-0.1, -0.05) is 37.3 Å². The van der Waals surface area contributed by atoms with Crippen molar-refractivity contribution < 1.29 is 12.4 Å². The topological polar surface area (TPSA) is 27.0 Å². The first-order chi connectivity index (χ1) is 9.07. The van der Waals surface area contributed by atoms with Crippen LogP contribution in [0.2, 0.25) is 0 Å². The fourth-order valence-electron chi connectivity index (χ4n) is 3.47. The Labute approximate surface area is 129 Å². The molecule has 1 aliphatic heterocycles. The molecule has 1 aromatic rings. The van der Waals surface area contributed by atoms with Gasteiger partial charge in [0.25, 0.3) is 0 Å². The summed E-state index contributed by atoms with van der Waals surface area (Å²) in [5.74, 6) is 0.563. The van der Waals surface area contributed by atoms with Crippen LogP contribution in [0.3, 0.4) is 0 Å². The van der Waals surface area contributed by atoms with Crippen LogP contribution < -0.4 is 12.4 Å². The maximum atomic E-state index is 9.27. The molecule has 1 aromatic carbocycles. The van der Waals surface area contributed by atoms with Crippen molar-refractivity contribution in [1.29, 1.82) is 5.26 Å². The fraction of sp³-hybridized carbons (Fsp3) is 0.588. The molecule has 0 N–H and O–H groups in total. The highest BCUT2D eigenvalue weighted by Gasteiger charge is 2.42. The van der Waals surface area contributed by atoms with E-state index in [1.807, 2.05) is 0 Å². The van der Waals surface area contributed by atoms with Gasteiger partial charge in [0.05, 0.1) is 6.07 Å². The monoisotopic (exact) mass is 291 g/mol. The Morgan fingerprint density at radius 3 is 2.55 bits per heavy atom. The van der Waals surface area contributed by atoms with E-state index in [-0.39, 0.29) is 17.8 Å². The van der Waals surface area contributed by atoms with Crippen molar-refractivity contribution in [2.45, 2.75) is 39.2 Å². The summed E-state index contributed by atoms with van der Waals surface area (Å²) in [7, 11) is 2.19. The van der Waals surface area contributed by atoms with Gasteiger partial charge in [0.1, 0.15) is 0 Å². The van der Waals surface area contributed by atoms with Crippen LogP contribution in [0.1, 0.15) is 32.3 Å². The van der Waals surface area contributed by atoms with E-state index in [0.29, 0.717) is 18.4 Å². The molecular weight excluding hydrogens is 268 g/mol. The molecule has 0 amide bonds. The molecule has 1 saturated heterocycles. The summed E-state index contributed by atoms with van der Waals surface area (Å²) in [5, 5.41) is 9.27. The lowest BCUT2D eigenvalue weighted by Crippen LogP contribution is -3.00. The second-order valence-electron chi connectivity index (χ2n) is 6.25. The Kier molecular flexibility index (Phi) is 6.05. The van der Waals surface area contributed by atoms with E-state index in [4.69, 9.17) is 0 Å². The van der Waals surface area contributed by atoms with E-state index in [1.165, 1.54) is 5.56 Å². The minimum atomic E-state index is 0. The molecule has 2 rings (SSSR count). The number of nitriles is 1. The smallest absolute Gasteiger partial charge is 0.0627 e. The van der Waals surface area contributed by atoms with E-state index >= 15 is 0 Å². The zero-order valence-corrected chi connectivity index (χ0v) is 13.4. The molecule has 3 unspecified atom stereocenters. The van der Waals surface area contributed by atoms with Crippen molar-refractivity contribution in [3.8, 4) is 6.07 Å². The first kappa shape index (κ1) is 17.0. The van der Waals surface area contributed by atoms with Crippen LogP contribution in [0.25, 0.3) is 0 Å². The van der Waals surface area contributed by atoms with Gasteiger partial charge in [-0.05, 0) is 43.7 Å². The molecule has 1 heterocycles.